The van der Waals surface area contributed by atoms with Crippen LogP contribution in [0, 0.1) is 11.3 Å². The molecule has 2 aliphatic rings. The fourth-order valence-corrected chi connectivity index (χ4v) is 2.95. The number of piperidine rings is 1. The number of Topliss-reactive ketones (excluding diaryl/α,β-unsaturated/α-hetero) is 1. The van der Waals surface area contributed by atoms with E-state index in [1.54, 1.807) is 41.5 Å². The average Bonchev–Trinajstić information content (AvgIpc) is 3.04. The third kappa shape index (κ3) is 4.03. The van der Waals surface area contributed by atoms with Crippen molar-refractivity contribution in [2.45, 2.75) is 65.6 Å². The van der Waals surface area contributed by atoms with Gasteiger partial charge in [-0.15, -0.1) is 0 Å². The van der Waals surface area contributed by atoms with Gasteiger partial charge in [-0.2, -0.15) is 0 Å². The number of nitrogens with zero attached hydrogens (tertiary/aromatic N) is 1. The van der Waals surface area contributed by atoms with Gasteiger partial charge in [-0.25, -0.2) is 4.79 Å². The molecule has 1 saturated carbocycles. The van der Waals surface area contributed by atoms with Crippen molar-refractivity contribution in [3.63, 3.8) is 0 Å². The van der Waals surface area contributed by atoms with Crippen LogP contribution >= 0.6 is 0 Å². The zero-order valence-electron chi connectivity index (χ0n) is 14.9. The van der Waals surface area contributed by atoms with Crippen LogP contribution in [0.3, 0.4) is 0 Å². The summed E-state index contributed by atoms with van der Waals surface area (Å²) in [6.45, 7) is 11.4. The predicted molar refractivity (Wildman–Crippen MR) is 83.8 cm³/mol. The van der Waals surface area contributed by atoms with Gasteiger partial charge in [0, 0.05) is 19.5 Å². The summed E-state index contributed by atoms with van der Waals surface area (Å²) in [6.07, 6.45) is 0.290. The van der Waals surface area contributed by atoms with Gasteiger partial charge in [0.1, 0.15) is 17.0 Å². The normalized spacial score (nSPS) is 27.8. The molecule has 0 aromatic rings. The molecule has 1 amide bonds. The Labute approximate surface area is 137 Å². The highest BCUT2D eigenvalue weighted by Crippen LogP contribution is 2.56. The van der Waals surface area contributed by atoms with E-state index in [2.05, 4.69) is 0 Å². The fraction of sp³-hybridized carbons (Fsp3) is 0.824. The molecule has 2 atom stereocenters. The van der Waals surface area contributed by atoms with Gasteiger partial charge in [0.05, 0.1) is 11.3 Å². The van der Waals surface area contributed by atoms with Crippen LogP contribution in [0.5, 0.6) is 0 Å². The number of ketones is 1. The summed E-state index contributed by atoms with van der Waals surface area (Å²) in [6, 6.07) is 0. The largest absolute Gasteiger partial charge is 0.460 e. The molecule has 1 saturated heterocycles. The third-order valence-electron chi connectivity index (χ3n) is 4.06. The Morgan fingerprint density at radius 1 is 1.09 bits per heavy atom. The molecule has 1 spiro atoms. The van der Waals surface area contributed by atoms with E-state index in [9.17, 15) is 14.4 Å². The molecule has 1 heterocycles. The Hall–Kier alpha value is -1.59. The van der Waals surface area contributed by atoms with Gasteiger partial charge in [-0.05, 0) is 48.0 Å². The molecule has 2 rings (SSSR count). The lowest BCUT2D eigenvalue weighted by Crippen LogP contribution is -2.48. The number of hydrogen-bond acceptors (Lipinski definition) is 5. The monoisotopic (exact) mass is 325 g/mol. The number of carbonyl (C=O) groups excluding carboxylic acids is 3. The van der Waals surface area contributed by atoms with E-state index in [0.29, 0.717) is 13.0 Å². The second kappa shape index (κ2) is 5.49. The van der Waals surface area contributed by atoms with Gasteiger partial charge in [-0.1, -0.05) is 0 Å². The standard InChI is InChI=1S/C17H27NO5/c1-15(2,3)22-13(20)11-9-17(11)10-18(8-7-12(17)19)14(21)23-16(4,5)6/h11H,7-10H2,1-6H3. The summed E-state index contributed by atoms with van der Waals surface area (Å²) in [5, 5.41) is 0. The van der Waals surface area contributed by atoms with Gasteiger partial charge < -0.3 is 14.4 Å². The number of carbonyl (C=O) groups is 3. The van der Waals surface area contributed by atoms with E-state index in [4.69, 9.17) is 9.47 Å². The van der Waals surface area contributed by atoms with Crippen LogP contribution in [0.15, 0.2) is 0 Å². The summed E-state index contributed by atoms with van der Waals surface area (Å²) >= 11 is 0. The Bertz CT molecular complexity index is 528. The Morgan fingerprint density at radius 2 is 1.65 bits per heavy atom. The molecule has 130 valence electrons. The predicted octanol–water partition coefficient (Wildman–Crippen LogP) is 2.54. The van der Waals surface area contributed by atoms with Crippen molar-refractivity contribution in [3.8, 4) is 0 Å². The lowest BCUT2D eigenvalue weighted by Gasteiger charge is -2.34. The first-order chi connectivity index (χ1) is 10.3. The number of esters is 1. The SMILES string of the molecule is CC(C)(C)OC(=O)C1CC12CN(C(=O)OC(C)(C)C)CCC2=O. The van der Waals surface area contributed by atoms with Crippen LogP contribution in [0.1, 0.15) is 54.4 Å². The van der Waals surface area contributed by atoms with Crippen LogP contribution in [0.2, 0.25) is 0 Å². The zero-order valence-corrected chi connectivity index (χ0v) is 14.9. The summed E-state index contributed by atoms with van der Waals surface area (Å²) < 4.78 is 10.8. The number of rotatable bonds is 1. The lowest BCUT2D eigenvalue weighted by atomic mass is 9.91. The third-order valence-corrected chi connectivity index (χ3v) is 4.06. The van der Waals surface area contributed by atoms with Crippen molar-refractivity contribution in [2.75, 3.05) is 13.1 Å². The van der Waals surface area contributed by atoms with E-state index in [1.807, 2.05) is 0 Å². The molecule has 0 bridgehead atoms. The van der Waals surface area contributed by atoms with Gasteiger partial charge in [0.15, 0.2) is 0 Å². The number of likely N-dealkylation sites (tertiary alicyclic amines) is 1. The van der Waals surface area contributed by atoms with Gasteiger partial charge >= 0.3 is 12.1 Å². The van der Waals surface area contributed by atoms with Crippen LogP contribution < -0.4 is 0 Å². The molecule has 6 heteroatoms. The van der Waals surface area contributed by atoms with Gasteiger partial charge in [0.2, 0.25) is 0 Å². The molecular formula is C17H27NO5. The van der Waals surface area contributed by atoms with E-state index >= 15 is 0 Å². The first-order valence-corrected chi connectivity index (χ1v) is 8.08. The summed E-state index contributed by atoms with van der Waals surface area (Å²) in [4.78, 5) is 38.3. The Kier molecular flexibility index (Phi) is 4.24. The van der Waals surface area contributed by atoms with Crippen LogP contribution in [0.25, 0.3) is 0 Å². The Balaban J connectivity index is 2.04. The Morgan fingerprint density at radius 3 is 2.17 bits per heavy atom. The second-order valence-electron chi connectivity index (χ2n) is 8.52. The second-order valence-corrected chi connectivity index (χ2v) is 8.52. The maximum absolute atomic E-state index is 12.3. The lowest BCUT2D eigenvalue weighted by molar-refractivity contribution is -0.159. The summed E-state index contributed by atoms with van der Waals surface area (Å²) in [5.41, 5.74) is -1.93. The van der Waals surface area contributed by atoms with Gasteiger partial charge in [0.25, 0.3) is 0 Å². The fourth-order valence-electron chi connectivity index (χ4n) is 2.95. The molecule has 0 radical (unpaired) electrons. The first kappa shape index (κ1) is 17.8. The number of hydrogen-bond donors (Lipinski definition) is 0. The minimum atomic E-state index is -0.766. The quantitative estimate of drug-likeness (QED) is 0.693. The number of amides is 1. The maximum Gasteiger partial charge on any atom is 0.410 e. The van der Waals surface area contributed by atoms with Crippen molar-refractivity contribution >= 4 is 17.8 Å². The van der Waals surface area contributed by atoms with Crippen LogP contribution in [-0.2, 0) is 19.1 Å². The smallest absolute Gasteiger partial charge is 0.410 e. The van der Waals surface area contributed by atoms with Crippen molar-refractivity contribution in [2.24, 2.45) is 11.3 Å². The maximum atomic E-state index is 12.3. The average molecular weight is 325 g/mol. The van der Waals surface area contributed by atoms with Crippen LogP contribution in [0.4, 0.5) is 4.79 Å². The van der Waals surface area contributed by atoms with E-state index in [0.717, 1.165) is 0 Å². The molecule has 2 fully saturated rings. The molecule has 1 aliphatic heterocycles. The molecule has 0 aromatic heterocycles. The molecule has 6 nitrogen and oxygen atoms in total. The van der Waals surface area contributed by atoms with Crippen molar-refractivity contribution in [1.82, 2.24) is 4.90 Å². The van der Waals surface area contributed by atoms with E-state index in [-0.39, 0.29) is 24.7 Å². The molecule has 2 unspecified atom stereocenters. The van der Waals surface area contributed by atoms with Crippen LogP contribution in [-0.4, -0.2) is 47.0 Å². The van der Waals surface area contributed by atoms with Gasteiger partial charge in [-0.3, -0.25) is 9.59 Å². The van der Waals surface area contributed by atoms with Crippen molar-refractivity contribution < 1.29 is 23.9 Å². The summed E-state index contributed by atoms with van der Waals surface area (Å²) in [7, 11) is 0. The highest BCUT2D eigenvalue weighted by Gasteiger charge is 2.66. The topological polar surface area (TPSA) is 72.9 Å². The molecule has 1 aliphatic carbocycles. The minimum Gasteiger partial charge on any atom is -0.460 e. The first-order valence-electron chi connectivity index (χ1n) is 8.08. The molecular weight excluding hydrogens is 298 g/mol. The molecule has 0 N–H and O–H groups in total. The highest BCUT2D eigenvalue weighted by molar-refractivity contribution is 5.97. The van der Waals surface area contributed by atoms with E-state index in [1.165, 1.54) is 4.90 Å². The zero-order chi connectivity index (χ0) is 17.6. The molecule has 23 heavy (non-hydrogen) atoms. The minimum absolute atomic E-state index is 0.0492. The number of ether oxygens (including phenoxy) is 2. The van der Waals surface area contributed by atoms with Crippen molar-refractivity contribution in [1.29, 1.82) is 0 Å². The molecule has 0 aromatic carbocycles. The van der Waals surface area contributed by atoms with E-state index < -0.39 is 28.6 Å². The van der Waals surface area contributed by atoms with Crippen molar-refractivity contribution in [3.05, 3.63) is 0 Å². The highest BCUT2D eigenvalue weighted by atomic mass is 16.6. The summed E-state index contributed by atoms with van der Waals surface area (Å²) in [5.74, 6) is -0.746.